The van der Waals surface area contributed by atoms with Gasteiger partial charge in [-0.2, -0.15) is 8.42 Å². The van der Waals surface area contributed by atoms with Crippen LogP contribution in [0.1, 0.15) is 10.4 Å². The number of carbonyl (C=O) groups excluding carboxylic acids is 1. The molecule has 1 N–H and O–H groups in total. The van der Waals surface area contributed by atoms with Crippen LogP contribution >= 0.6 is 0 Å². The molecule has 0 bridgehead atoms. The first kappa shape index (κ1) is 10.8. The third-order valence-corrected chi connectivity index (χ3v) is 1.85. The molecule has 0 saturated carbocycles. The van der Waals surface area contributed by atoms with Crippen molar-refractivity contribution in [1.29, 1.82) is 0 Å². The summed E-state index contributed by atoms with van der Waals surface area (Å²) in [7, 11) is -4.55. The highest BCUT2D eigenvalue weighted by Crippen LogP contribution is 2.01. The summed E-state index contributed by atoms with van der Waals surface area (Å²) in [6.45, 7) is -0.692. The zero-order chi connectivity index (χ0) is 10.6. The molecule has 5 nitrogen and oxygen atoms in total. The third-order valence-electron chi connectivity index (χ3n) is 1.43. The summed E-state index contributed by atoms with van der Waals surface area (Å²) in [5.41, 5.74) is 0.330. The van der Waals surface area contributed by atoms with Crippen LogP contribution in [0.2, 0.25) is 0 Å². The molecule has 0 atom stereocenters. The lowest BCUT2D eigenvalue weighted by atomic mass is 10.1. The van der Waals surface area contributed by atoms with Gasteiger partial charge in [0.05, 0.1) is 0 Å². The molecule has 0 amide bonds. The van der Waals surface area contributed by atoms with Crippen molar-refractivity contribution >= 4 is 16.2 Å². The van der Waals surface area contributed by atoms with Gasteiger partial charge in [0.2, 0.25) is 0 Å². The quantitative estimate of drug-likeness (QED) is 0.591. The van der Waals surface area contributed by atoms with Crippen LogP contribution in [0.25, 0.3) is 0 Å². The summed E-state index contributed by atoms with van der Waals surface area (Å²) in [6.07, 6.45) is 0. The summed E-state index contributed by atoms with van der Waals surface area (Å²) in [4.78, 5) is 11.2. The van der Waals surface area contributed by atoms with Crippen LogP contribution in [0, 0.1) is 0 Å². The average molecular weight is 216 g/mol. The number of rotatable bonds is 4. The first-order chi connectivity index (χ1) is 6.49. The van der Waals surface area contributed by atoms with E-state index in [0.29, 0.717) is 5.56 Å². The SMILES string of the molecule is O=C(COS(=O)(=O)O)c1ccccc1. The molecule has 0 aromatic heterocycles. The van der Waals surface area contributed by atoms with E-state index in [1.165, 1.54) is 12.1 Å². The Labute approximate surface area is 81.3 Å². The molecular formula is C8H8O5S. The topological polar surface area (TPSA) is 80.7 Å². The van der Waals surface area contributed by atoms with Crippen molar-refractivity contribution in [3.05, 3.63) is 35.9 Å². The Kier molecular flexibility index (Phi) is 3.34. The Hall–Kier alpha value is -1.24. The standard InChI is InChI=1S/C8H8O5S/c9-8(6-13-14(10,11)12)7-4-2-1-3-5-7/h1-5H,6H2,(H,10,11,12). The number of hydrogen-bond acceptors (Lipinski definition) is 4. The monoisotopic (exact) mass is 216 g/mol. The van der Waals surface area contributed by atoms with Crippen molar-refractivity contribution in [1.82, 2.24) is 0 Å². The molecule has 76 valence electrons. The molecule has 0 saturated heterocycles. The highest BCUT2D eigenvalue weighted by molar-refractivity contribution is 7.80. The van der Waals surface area contributed by atoms with Gasteiger partial charge in [0.15, 0.2) is 5.78 Å². The fraction of sp³-hybridized carbons (Fsp3) is 0.125. The first-order valence-corrected chi connectivity index (χ1v) is 5.05. The third kappa shape index (κ3) is 3.65. The smallest absolute Gasteiger partial charge is 0.291 e. The number of Topliss-reactive ketones (excluding diaryl/α,β-unsaturated/α-hetero) is 1. The minimum atomic E-state index is -4.55. The van der Waals surface area contributed by atoms with Crippen molar-refractivity contribution in [3.8, 4) is 0 Å². The predicted octanol–water partition coefficient (Wildman–Crippen LogP) is 0.689. The van der Waals surface area contributed by atoms with Gasteiger partial charge >= 0.3 is 10.4 Å². The van der Waals surface area contributed by atoms with Crippen LogP contribution in [0.5, 0.6) is 0 Å². The zero-order valence-corrected chi connectivity index (χ0v) is 7.90. The predicted molar refractivity (Wildman–Crippen MR) is 48.3 cm³/mol. The number of ketones is 1. The average Bonchev–Trinajstić information content (AvgIpc) is 2.14. The van der Waals surface area contributed by atoms with E-state index in [-0.39, 0.29) is 0 Å². The van der Waals surface area contributed by atoms with E-state index in [1.54, 1.807) is 18.2 Å². The van der Waals surface area contributed by atoms with E-state index < -0.39 is 22.8 Å². The summed E-state index contributed by atoms with van der Waals surface area (Å²) in [6, 6.07) is 8.05. The van der Waals surface area contributed by atoms with Gasteiger partial charge in [0.1, 0.15) is 6.61 Å². The number of benzene rings is 1. The van der Waals surface area contributed by atoms with E-state index in [2.05, 4.69) is 4.18 Å². The van der Waals surface area contributed by atoms with Crippen LogP contribution in [-0.2, 0) is 14.6 Å². The molecular weight excluding hydrogens is 208 g/mol. The van der Waals surface area contributed by atoms with E-state index in [1.807, 2.05) is 0 Å². The first-order valence-electron chi connectivity index (χ1n) is 3.69. The molecule has 0 aliphatic rings. The molecule has 1 rings (SSSR count). The highest BCUT2D eigenvalue weighted by Gasteiger charge is 2.10. The van der Waals surface area contributed by atoms with Crippen molar-refractivity contribution in [3.63, 3.8) is 0 Å². The van der Waals surface area contributed by atoms with E-state index in [4.69, 9.17) is 4.55 Å². The van der Waals surface area contributed by atoms with Gasteiger partial charge in [-0.3, -0.25) is 9.35 Å². The molecule has 1 aromatic carbocycles. The van der Waals surface area contributed by atoms with Crippen LogP contribution in [0.3, 0.4) is 0 Å². The summed E-state index contributed by atoms with van der Waals surface area (Å²) >= 11 is 0. The van der Waals surface area contributed by atoms with Gasteiger partial charge in [0, 0.05) is 5.56 Å². The molecule has 0 heterocycles. The maximum Gasteiger partial charge on any atom is 0.397 e. The van der Waals surface area contributed by atoms with Crippen LogP contribution in [0.15, 0.2) is 30.3 Å². The number of hydrogen-bond donors (Lipinski definition) is 1. The van der Waals surface area contributed by atoms with Crippen molar-refractivity contribution in [2.24, 2.45) is 0 Å². The maximum atomic E-state index is 11.2. The van der Waals surface area contributed by atoms with Crippen LogP contribution in [-0.4, -0.2) is 25.4 Å². The molecule has 0 unspecified atom stereocenters. The molecule has 0 spiro atoms. The second-order valence-corrected chi connectivity index (χ2v) is 3.57. The van der Waals surface area contributed by atoms with Gasteiger partial charge in [-0.05, 0) is 0 Å². The van der Waals surface area contributed by atoms with Gasteiger partial charge in [-0.15, -0.1) is 0 Å². The molecule has 6 heteroatoms. The fourth-order valence-electron chi connectivity index (χ4n) is 0.835. The summed E-state index contributed by atoms with van der Waals surface area (Å²) in [5, 5.41) is 0. The normalized spacial score (nSPS) is 11.2. The molecule has 0 aliphatic heterocycles. The largest absolute Gasteiger partial charge is 0.397 e. The Bertz CT molecular complexity index is 409. The second kappa shape index (κ2) is 4.32. The molecule has 0 aliphatic carbocycles. The second-order valence-electron chi connectivity index (χ2n) is 2.48. The van der Waals surface area contributed by atoms with Crippen molar-refractivity contribution in [2.75, 3.05) is 6.61 Å². The summed E-state index contributed by atoms with van der Waals surface area (Å²) < 4.78 is 32.4. The van der Waals surface area contributed by atoms with Gasteiger partial charge in [0.25, 0.3) is 0 Å². The van der Waals surface area contributed by atoms with Crippen molar-refractivity contribution < 1.29 is 21.9 Å². The van der Waals surface area contributed by atoms with Gasteiger partial charge in [-0.1, -0.05) is 30.3 Å². The Balaban J connectivity index is 2.61. The highest BCUT2D eigenvalue weighted by atomic mass is 32.3. The van der Waals surface area contributed by atoms with Gasteiger partial charge in [-0.25, -0.2) is 4.18 Å². The lowest BCUT2D eigenvalue weighted by Gasteiger charge is -1.99. The van der Waals surface area contributed by atoms with Crippen LogP contribution in [0.4, 0.5) is 0 Å². The van der Waals surface area contributed by atoms with E-state index in [0.717, 1.165) is 0 Å². The molecule has 14 heavy (non-hydrogen) atoms. The fourth-order valence-corrected chi connectivity index (χ4v) is 1.09. The zero-order valence-electron chi connectivity index (χ0n) is 7.08. The molecule has 1 aromatic rings. The minimum Gasteiger partial charge on any atom is -0.291 e. The van der Waals surface area contributed by atoms with Crippen LogP contribution < -0.4 is 0 Å². The van der Waals surface area contributed by atoms with Gasteiger partial charge < -0.3 is 0 Å². The Morgan fingerprint density at radius 3 is 2.36 bits per heavy atom. The Morgan fingerprint density at radius 1 is 1.29 bits per heavy atom. The lowest BCUT2D eigenvalue weighted by Crippen LogP contribution is -2.13. The van der Waals surface area contributed by atoms with E-state index in [9.17, 15) is 13.2 Å². The van der Waals surface area contributed by atoms with E-state index >= 15 is 0 Å². The lowest BCUT2D eigenvalue weighted by molar-refractivity contribution is 0.0914. The minimum absolute atomic E-state index is 0.330. The summed E-state index contributed by atoms with van der Waals surface area (Å²) in [5.74, 6) is -0.511. The maximum absolute atomic E-state index is 11.2. The Morgan fingerprint density at radius 2 is 1.86 bits per heavy atom. The van der Waals surface area contributed by atoms with Crippen molar-refractivity contribution in [2.45, 2.75) is 0 Å². The molecule has 0 fully saturated rings. The number of carbonyl (C=O) groups is 1. The molecule has 0 radical (unpaired) electrons.